The first-order valence-corrected chi connectivity index (χ1v) is 7.35. The maximum Gasteiger partial charge on any atom is 0.226 e. The van der Waals surface area contributed by atoms with Gasteiger partial charge in [-0.05, 0) is 32.2 Å². The van der Waals surface area contributed by atoms with Crippen molar-refractivity contribution in [2.75, 3.05) is 25.0 Å². The predicted octanol–water partition coefficient (Wildman–Crippen LogP) is 2.00. The van der Waals surface area contributed by atoms with E-state index in [-0.39, 0.29) is 17.8 Å². The number of hydrogen-bond acceptors (Lipinski definition) is 4. The molecule has 1 amide bonds. The van der Waals surface area contributed by atoms with Crippen molar-refractivity contribution in [3.63, 3.8) is 0 Å². The van der Waals surface area contributed by atoms with Gasteiger partial charge in [0.2, 0.25) is 5.91 Å². The minimum absolute atomic E-state index is 0.0427. The van der Waals surface area contributed by atoms with Crippen molar-refractivity contribution in [3.8, 4) is 5.75 Å². The van der Waals surface area contributed by atoms with Gasteiger partial charge >= 0.3 is 0 Å². The second-order valence-electron chi connectivity index (χ2n) is 5.25. The Balaban J connectivity index is 2.31. The molecule has 1 atom stereocenters. The second kappa shape index (κ2) is 6.72. The third-order valence-corrected chi connectivity index (χ3v) is 3.55. The Morgan fingerprint density at radius 2 is 2.19 bits per heavy atom. The molecular weight excluding hydrogens is 268 g/mol. The molecule has 1 heterocycles. The van der Waals surface area contributed by atoms with Crippen LogP contribution in [-0.2, 0) is 4.79 Å². The standard InChI is InChI=1S/C16H22N2O3/c1-4-16(20)18-10-11(2)21-15-6-5-12(9-13(15)18)14(19)7-8-17-3/h5-6,9,11,17H,4,7-8,10H2,1-3H3. The average molecular weight is 290 g/mol. The van der Waals surface area contributed by atoms with Gasteiger partial charge < -0.3 is 15.0 Å². The van der Waals surface area contributed by atoms with Crippen molar-refractivity contribution in [1.82, 2.24) is 5.32 Å². The van der Waals surface area contributed by atoms with E-state index in [1.165, 1.54) is 0 Å². The number of carbonyl (C=O) groups excluding carboxylic acids is 2. The zero-order chi connectivity index (χ0) is 15.4. The summed E-state index contributed by atoms with van der Waals surface area (Å²) in [7, 11) is 1.82. The van der Waals surface area contributed by atoms with Crippen molar-refractivity contribution >= 4 is 17.4 Å². The van der Waals surface area contributed by atoms with Crippen LogP contribution in [0.25, 0.3) is 0 Å². The molecule has 0 fully saturated rings. The fourth-order valence-corrected chi connectivity index (χ4v) is 2.42. The van der Waals surface area contributed by atoms with Crippen LogP contribution in [0.2, 0.25) is 0 Å². The van der Waals surface area contributed by atoms with Crippen LogP contribution in [0.1, 0.15) is 37.0 Å². The average Bonchev–Trinajstić information content (AvgIpc) is 2.50. The number of Topliss-reactive ketones (excluding diaryl/α,β-unsaturated/α-hetero) is 1. The lowest BCUT2D eigenvalue weighted by Crippen LogP contribution is -2.42. The molecule has 0 radical (unpaired) electrons. The van der Waals surface area contributed by atoms with Gasteiger partial charge in [0.25, 0.3) is 0 Å². The van der Waals surface area contributed by atoms with Crippen LogP contribution in [0.3, 0.4) is 0 Å². The number of hydrogen-bond donors (Lipinski definition) is 1. The lowest BCUT2D eigenvalue weighted by molar-refractivity contribution is -0.118. The summed E-state index contributed by atoms with van der Waals surface area (Å²) in [5.74, 6) is 0.779. The largest absolute Gasteiger partial charge is 0.487 e. The third kappa shape index (κ3) is 3.42. The van der Waals surface area contributed by atoms with Gasteiger partial charge in [-0.15, -0.1) is 0 Å². The summed E-state index contributed by atoms with van der Waals surface area (Å²) in [4.78, 5) is 25.9. The first-order valence-electron chi connectivity index (χ1n) is 7.35. The first kappa shape index (κ1) is 15.5. The Bertz CT molecular complexity index is 542. The van der Waals surface area contributed by atoms with Crippen LogP contribution >= 0.6 is 0 Å². The van der Waals surface area contributed by atoms with Crippen molar-refractivity contribution < 1.29 is 14.3 Å². The van der Waals surface area contributed by atoms with E-state index in [0.717, 1.165) is 0 Å². The SMILES string of the molecule is CCC(=O)N1CC(C)Oc2ccc(C(=O)CCNC)cc21. The highest BCUT2D eigenvalue weighted by atomic mass is 16.5. The number of nitrogens with one attached hydrogen (secondary N) is 1. The van der Waals surface area contributed by atoms with E-state index in [4.69, 9.17) is 4.74 Å². The van der Waals surface area contributed by atoms with Gasteiger partial charge in [0, 0.05) is 24.9 Å². The molecule has 0 aliphatic carbocycles. The molecule has 114 valence electrons. The fraction of sp³-hybridized carbons (Fsp3) is 0.500. The van der Waals surface area contributed by atoms with E-state index < -0.39 is 0 Å². The minimum atomic E-state index is -0.0427. The van der Waals surface area contributed by atoms with E-state index in [0.29, 0.717) is 42.9 Å². The van der Waals surface area contributed by atoms with E-state index >= 15 is 0 Å². The Morgan fingerprint density at radius 3 is 2.86 bits per heavy atom. The van der Waals surface area contributed by atoms with Crippen molar-refractivity contribution in [2.24, 2.45) is 0 Å². The van der Waals surface area contributed by atoms with Crippen LogP contribution in [0.5, 0.6) is 5.75 Å². The highest BCUT2D eigenvalue weighted by Gasteiger charge is 2.27. The summed E-state index contributed by atoms with van der Waals surface area (Å²) in [6.45, 7) is 4.93. The molecule has 5 heteroatoms. The number of carbonyl (C=O) groups is 2. The molecule has 0 spiro atoms. The summed E-state index contributed by atoms with van der Waals surface area (Å²) in [5, 5.41) is 2.96. The molecule has 1 N–H and O–H groups in total. The number of benzene rings is 1. The van der Waals surface area contributed by atoms with Gasteiger partial charge in [-0.1, -0.05) is 6.92 Å². The third-order valence-electron chi connectivity index (χ3n) is 3.55. The van der Waals surface area contributed by atoms with Gasteiger partial charge in [0.1, 0.15) is 11.9 Å². The number of fused-ring (bicyclic) bond motifs is 1. The van der Waals surface area contributed by atoms with Crippen LogP contribution in [0.15, 0.2) is 18.2 Å². The molecule has 0 saturated carbocycles. The van der Waals surface area contributed by atoms with Gasteiger partial charge in [-0.2, -0.15) is 0 Å². The fourth-order valence-electron chi connectivity index (χ4n) is 2.42. The maximum atomic E-state index is 12.1. The molecular formula is C16H22N2O3. The molecule has 0 saturated heterocycles. The van der Waals surface area contributed by atoms with E-state index in [1.807, 2.05) is 20.9 Å². The van der Waals surface area contributed by atoms with Crippen LogP contribution in [0.4, 0.5) is 5.69 Å². The van der Waals surface area contributed by atoms with Crippen LogP contribution in [-0.4, -0.2) is 37.9 Å². The lowest BCUT2D eigenvalue weighted by atomic mass is 10.0. The van der Waals surface area contributed by atoms with Crippen LogP contribution < -0.4 is 15.0 Å². The number of ether oxygens (including phenoxy) is 1. The molecule has 2 rings (SSSR count). The summed E-state index contributed by atoms with van der Waals surface area (Å²) in [6.07, 6.45) is 0.831. The summed E-state index contributed by atoms with van der Waals surface area (Å²) >= 11 is 0. The van der Waals surface area contributed by atoms with Crippen molar-refractivity contribution in [3.05, 3.63) is 23.8 Å². The van der Waals surface area contributed by atoms with Gasteiger partial charge in [-0.3, -0.25) is 9.59 Å². The monoisotopic (exact) mass is 290 g/mol. The summed E-state index contributed by atoms with van der Waals surface area (Å²) in [6, 6.07) is 5.32. The number of ketones is 1. The predicted molar refractivity (Wildman–Crippen MR) is 82.1 cm³/mol. The zero-order valence-corrected chi connectivity index (χ0v) is 12.8. The molecule has 5 nitrogen and oxygen atoms in total. The topological polar surface area (TPSA) is 58.6 Å². The van der Waals surface area contributed by atoms with Gasteiger partial charge in [0.15, 0.2) is 5.78 Å². The minimum Gasteiger partial charge on any atom is -0.487 e. The molecule has 21 heavy (non-hydrogen) atoms. The molecule has 0 bridgehead atoms. The molecule has 1 unspecified atom stereocenters. The zero-order valence-electron chi connectivity index (χ0n) is 12.8. The highest BCUT2D eigenvalue weighted by molar-refractivity contribution is 6.00. The quantitative estimate of drug-likeness (QED) is 0.843. The first-order chi connectivity index (χ1) is 10.1. The van der Waals surface area contributed by atoms with Gasteiger partial charge in [-0.25, -0.2) is 0 Å². The number of rotatable bonds is 5. The Labute approximate surface area is 125 Å². The second-order valence-corrected chi connectivity index (χ2v) is 5.25. The number of amides is 1. The summed E-state index contributed by atoms with van der Waals surface area (Å²) < 4.78 is 5.76. The van der Waals surface area contributed by atoms with Crippen molar-refractivity contribution in [1.29, 1.82) is 0 Å². The Morgan fingerprint density at radius 1 is 1.43 bits per heavy atom. The molecule has 1 aromatic carbocycles. The number of anilines is 1. The molecule has 1 aliphatic heterocycles. The normalized spacial score (nSPS) is 17.1. The summed E-state index contributed by atoms with van der Waals surface area (Å²) in [5.41, 5.74) is 1.33. The van der Waals surface area contributed by atoms with Crippen molar-refractivity contribution in [2.45, 2.75) is 32.8 Å². The Kier molecular flexibility index (Phi) is 4.96. The van der Waals surface area contributed by atoms with E-state index in [1.54, 1.807) is 23.1 Å². The maximum absolute atomic E-state index is 12.1. The van der Waals surface area contributed by atoms with E-state index in [9.17, 15) is 9.59 Å². The Hall–Kier alpha value is -1.88. The smallest absolute Gasteiger partial charge is 0.226 e. The molecule has 0 aromatic heterocycles. The molecule has 1 aromatic rings. The highest BCUT2D eigenvalue weighted by Crippen LogP contribution is 2.35. The van der Waals surface area contributed by atoms with Crippen LogP contribution in [0, 0.1) is 0 Å². The van der Waals surface area contributed by atoms with Gasteiger partial charge in [0.05, 0.1) is 12.2 Å². The lowest BCUT2D eigenvalue weighted by Gasteiger charge is -2.33. The number of nitrogens with zero attached hydrogens (tertiary/aromatic N) is 1. The van der Waals surface area contributed by atoms with E-state index in [2.05, 4.69) is 5.32 Å². The molecule has 1 aliphatic rings.